The smallest absolute Gasteiger partial charge is 0.321 e. The van der Waals surface area contributed by atoms with Crippen LogP contribution in [-0.2, 0) is 9.59 Å². The number of amides is 1. The summed E-state index contributed by atoms with van der Waals surface area (Å²) in [7, 11) is 0. The molecule has 1 atom stereocenters. The first-order valence-corrected chi connectivity index (χ1v) is 8.09. The third-order valence-electron chi connectivity index (χ3n) is 3.05. The van der Waals surface area contributed by atoms with Crippen LogP contribution in [0, 0.1) is 6.92 Å². The van der Waals surface area contributed by atoms with Gasteiger partial charge in [-0.25, -0.2) is 0 Å². The van der Waals surface area contributed by atoms with Crippen LogP contribution in [0.25, 0.3) is 0 Å². The number of benzene rings is 1. The quantitative estimate of drug-likeness (QED) is 0.711. The van der Waals surface area contributed by atoms with Crippen molar-refractivity contribution >= 4 is 45.3 Å². The second kappa shape index (κ2) is 7.29. The van der Waals surface area contributed by atoms with Crippen molar-refractivity contribution in [1.29, 1.82) is 0 Å². The third-order valence-corrected chi connectivity index (χ3v) is 4.95. The minimum Gasteiger partial charge on any atom is -0.480 e. The Morgan fingerprint density at radius 1 is 1.48 bits per heavy atom. The van der Waals surface area contributed by atoms with Crippen LogP contribution in [0.1, 0.15) is 19.4 Å². The lowest BCUT2D eigenvalue weighted by atomic mass is 10.1. The zero-order valence-corrected chi connectivity index (χ0v) is 14.5. The van der Waals surface area contributed by atoms with Crippen molar-refractivity contribution in [1.82, 2.24) is 0 Å². The standard InChI is InChI=1S/C14H19BrN2O3S/c1-8-6-9(15)4-5-10(8)17-11(18)7-21-14(2,3)12(16)13(19)20/h4-6,12H,7,16H2,1-3H3,(H,17,18)(H,19,20)/t12-/m1/s1. The molecule has 0 aliphatic rings. The van der Waals surface area contributed by atoms with E-state index in [1.807, 2.05) is 25.1 Å². The Kier molecular flexibility index (Phi) is 6.24. The predicted octanol–water partition coefficient (Wildman–Crippen LogP) is 2.62. The van der Waals surface area contributed by atoms with Gasteiger partial charge in [0.2, 0.25) is 5.91 Å². The number of nitrogens with one attached hydrogen (secondary N) is 1. The highest BCUT2D eigenvalue weighted by atomic mass is 79.9. The molecule has 116 valence electrons. The molecule has 1 amide bonds. The van der Waals surface area contributed by atoms with E-state index in [0.29, 0.717) is 0 Å². The Bertz CT molecular complexity index is 549. The number of rotatable bonds is 6. The van der Waals surface area contributed by atoms with Gasteiger partial charge < -0.3 is 16.2 Å². The Labute approximate surface area is 136 Å². The summed E-state index contributed by atoms with van der Waals surface area (Å²) >= 11 is 4.59. The maximum absolute atomic E-state index is 12.0. The van der Waals surface area contributed by atoms with E-state index in [9.17, 15) is 9.59 Å². The molecule has 0 radical (unpaired) electrons. The second-order valence-corrected chi connectivity index (χ2v) is 7.76. The van der Waals surface area contributed by atoms with Gasteiger partial charge in [0.15, 0.2) is 0 Å². The van der Waals surface area contributed by atoms with E-state index >= 15 is 0 Å². The molecular formula is C14H19BrN2O3S. The highest BCUT2D eigenvalue weighted by molar-refractivity contribution is 9.10. The van der Waals surface area contributed by atoms with E-state index in [4.69, 9.17) is 10.8 Å². The number of thioether (sulfide) groups is 1. The number of hydrogen-bond acceptors (Lipinski definition) is 4. The highest BCUT2D eigenvalue weighted by Gasteiger charge is 2.33. The molecule has 1 aromatic rings. The van der Waals surface area contributed by atoms with Crippen molar-refractivity contribution in [3.8, 4) is 0 Å². The predicted molar refractivity (Wildman–Crippen MR) is 89.7 cm³/mol. The van der Waals surface area contributed by atoms with Crippen molar-refractivity contribution in [2.75, 3.05) is 11.1 Å². The van der Waals surface area contributed by atoms with Crippen LogP contribution in [-0.4, -0.2) is 33.5 Å². The largest absolute Gasteiger partial charge is 0.480 e. The topological polar surface area (TPSA) is 92.4 Å². The highest BCUT2D eigenvalue weighted by Crippen LogP contribution is 2.28. The van der Waals surface area contributed by atoms with E-state index in [-0.39, 0.29) is 11.7 Å². The third kappa shape index (κ3) is 5.33. The fourth-order valence-corrected chi connectivity index (χ4v) is 2.92. The number of nitrogens with two attached hydrogens (primary N) is 1. The molecule has 0 aliphatic heterocycles. The molecule has 0 spiro atoms. The number of halogens is 1. The van der Waals surface area contributed by atoms with Crippen LogP contribution >= 0.6 is 27.7 Å². The van der Waals surface area contributed by atoms with Crippen molar-refractivity contribution in [2.24, 2.45) is 5.73 Å². The maximum Gasteiger partial charge on any atom is 0.321 e. The van der Waals surface area contributed by atoms with Crippen LogP contribution in [0.15, 0.2) is 22.7 Å². The number of carbonyl (C=O) groups is 2. The normalized spacial score (nSPS) is 12.8. The number of aryl methyl sites for hydroxylation is 1. The van der Waals surface area contributed by atoms with E-state index in [0.717, 1.165) is 15.7 Å². The minimum absolute atomic E-state index is 0.142. The zero-order valence-electron chi connectivity index (χ0n) is 12.1. The molecule has 21 heavy (non-hydrogen) atoms. The molecule has 0 saturated heterocycles. The fraction of sp³-hybridized carbons (Fsp3) is 0.429. The number of carboxylic acid groups (broad SMARTS) is 1. The summed E-state index contributed by atoms with van der Waals surface area (Å²) in [6.45, 7) is 5.33. The van der Waals surface area contributed by atoms with E-state index < -0.39 is 16.8 Å². The Balaban J connectivity index is 2.60. The summed E-state index contributed by atoms with van der Waals surface area (Å²) in [4.78, 5) is 22.9. The summed E-state index contributed by atoms with van der Waals surface area (Å²) in [5, 5.41) is 11.7. The number of aliphatic carboxylic acids is 1. The molecule has 7 heteroatoms. The molecular weight excluding hydrogens is 356 g/mol. The first-order valence-electron chi connectivity index (χ1n) is 6.32. The maximum atomic E-state index is 12.0. The van der Waals surface area contributed by atoms with Crippen molar-refractivity contribution in [2.45, 2.75) is 31.6 Å². The van der Waals surface area contributed by atoms with Crippen LogP contribution in [0.4, 0.5) is 5.69 Å². The number of anilines is 1. The first kappa shape index (κ1) is 18.0. The van der Waals surface area contributed by atoms with Gasteiger partial charge in [-0.3, -0.25) is 9.59 Å². The Hall–Kier alpha value is -1.05. The monoisotopic (exact) mass is 374 g/mol. The van der Waals surface area contributed by atoms with Gasteiger partial charge in [-0.05, 0) is 44.5 Å². The Morgan fingerprint density at radius 3 is 2.62 bits per heavy atom. The molecule has 0 aliphatic carbocycles. The lowest BCUT2D eigenvalue weighted by Crippen LogP contribution is -2.47. The van der Waals surface area contributed by atoms with Crippen molar-refractivity contribution in [3.63, 3.8) is 0 Å². The van der Waals surface area contributed by atoms with Crippen LogP contribution in [0.2, 0.25) is 0 Å². The first-order chi connectivity index (χ1) is 9.63. The van der Waals surface area contributed by atoms with Gasteiger partial charge in [-0.1, -0.05) is 15.9 Å². The fourth-order valence-electron chi connectivity index (χ4n) is 1.59. The molecule has 4 N–H and O–H groups in total. The lowest BCUT2D eigenvalue weighted by Gasteiger charge is -2.27. The van der Waals surface area contributed by atoms with Gasteiger partial charge in [-0.15, -0.1) is 11.8 Å². The minimum atomic E-state index is -1.07. The van der Waals surface area contributed by atoms with Crippen LogP contribution in [0.5, 0.6) is 0 Å². The average Bonchev–Trinajstić information content (AvgIpc) is 2.39. The molecule has 5 nitrogen and oxygen atoms in total. The van der Waals surface area contributed by atoms with Gasteiger partial charge in [0.1, 0.15) is 6.04 Å². The summed E-state index contributed by atoms with van der Waals surface area (Å²) in [5.41, 5.74) is 7.30. The summed E-state index contributed by atoms with van der Waals surface area (Å²) in [6.07, 6.45) is 0. The average molecular weight is 375 g/mol. The van der Waals surface area contributed by atoms with Crippen molar-refractivity contribution in [3.05, 3.63) is 28.2 Å². The van der Waals surface area contributed by atoms with E-state index in [1.54, 1.807) is 13.8 Å². The summed E-state index contributed by atoms with van der Waals surface area (Å²) in [6, 6.07) is 4.55. The summed E-state index contributed by atoms with van der Waals surface area (Å²) in [5.74, 6) is -1.11. The number of carbonyl (C=O) groups excluding carboxylic acids is 1. The van der Waals surface area contributed by atoms with Gasteiger partial charge in [0.05, 0.1) is 5.75 Å². The number of hydrogen-bond donors (Lipinski definition) is 3. The molecule has 1 aromatic carbocycles. The number of carboxylic acids is 1. The molecule has 0 saturated carbocycles. The van der Waals surface area contributed by atoms with Crippen molar-refractivity contribution < 1.29 is 14.7 Å². The molecule has 1 rings (SSSR count). The van der Waals surface area contributed by atoms with Gasteiger partial charge in [-0.2, -0.15) is 0 Å². The van der Waals surface area contributed by atoms with Crippen LogP contribution in [0.3, 0.4) is 0 Å². The SMILES string of the molecule is Cc1cc(Br)ccc1NC(=O)CSC(C)(C)[C@H](N)C(=O)O. The second-order valence-electron chi connectivity index (χ2n) is 5.22. The van der Waals surface area contributed by atoms with Crippen LogP contribution < -0.4 is 11.1 Å². The van der Waals surface area contributed by atoms with Gasteiger partial charge in [0, 0.05) is 14.9 Å². The molecule has 0 unspecified atom stereocenters. The van der Waals surface area contributed by atoms with E-state index in [1.165, 1.54) is 11.8 Å². The van der Waals surface area contributed by atoms with Gasteiger partial charge >= 0.3 is 5.97 Å². The zero-order chi connectivity index (χ0) is 16.2. The lowest BCUT2D eigenvalue weighted by molar-refractivity contribution is -0.139. The van der Waals surface area contributed by atoms with Gasteiger partial charge in [0.25, 0.3) is 0 Å². The molecule has 0 fully saturated rings. The molecule has 0 heterocycles. The summed E-state index contributed by atoms with van der Waals surface area (Å²) < 4.78 is 0.221. The van der Waals surface area contributed by atoms with E-state index in [2.05, 4.69) is 21.2 Å². The molecule has 0 aromatic heterocycles. The molecule has 0 bridgehead atoms. The Morgan fingerprint density at radius 2 is 2.10 bits per heavy atom.